The number of alkyl carbamates (subject to hydrolysis) is 1. The topological polar surface area (TPSA) is 82.4 Å². The van der Waals surface area contributed by atoms with Crippen LogP contribution in [-0.4, -0.2) is 41.1 Å². The molecule has 23 heavy (non-hydrogen) atoms. The first-order valence-electron chi connectivity index (χ1n) is 8.37. The summed E-state index contributed by atoms with van der Waals surface area (Å²) in [6.45, 7) is 9.89. The van der Waals surface area contributed by atoms with Crippen molar-refractivity contribution < 1.29 is 14.3 Å². The highest BCUT2D eigenvalue weighted by Crippen LogP contribution is 2.49. The van der Waals surface area contributed by atoms with Crippen LogP contribution in [0.15, 0.2) is 0 Å². The number of ether oxygens (including phenoxy) is 1. The lowest BCUT2D eigenvalue weighted by Gasteiger charge is -2.31. The van der Waals surface area contributed by atoms with Gasteiger partial charge in [-0.25, -0.2) is 4.79 Å². The van der Waals surface area contributed by atoms with E-state index in [1.165, 1.54) is 0 Å². The molecule has 1 N–H and O–H groups in total. The zero-order chi connectivity index (χ0) is 17.4. The lowest BCUT2D eigenvalue weighted by Crippen LogP contribution is -2.54. The molecule has 1 unspecified atom stereocenters. The average molecular weight is 321 g/mol. The average Bonchev–Trinajstić information content (AvgIpc) is 3.12. The van der Waals surface area contributed by atoms with Gasteiger partial charge in [0.15, 0.2) is 0 Å². The van der Waals surface area contributed by atoms with E-state index in [0.717, 1.165) is 12.8 Å². The van der Waals surface area contributed by atoms with Gasteiger partial charge in [-0.3, -0.25) is 4.79 Å². The first-order chi connectivity index (χ1) is 10.7. The quantitative estimate of drug-likeness (QED) is 0.861. The molecule has 1 aliphatic heterocycles. The second-order valence-electron chi connectivity index (χ2n) is 7.73. The number of likely N-dealkylation sites (tertiary alicyclic amines) is 1. The molecule has 2 amide bonds. The molecule has 0 spiro atoms. The summed E-state index contributed by atoms with van der Waals surface area (Å²) in [4.78, 5) is 26.6. The van der Waals surface area contributed by atoms with Crippen LogP contribution in [0.4, 0.5) is 4.79 Å². The summed E-state index contributed by atoms with van der Waals surface area (Å²) in [5.41, 5.74) is -0.613. The molecule has 128 valence electrons. The van der Waals surface area contributed by atoms with Crippen molar-refractivity contribution in [3.8, 4) is 6.07 Å². The molecule has 0 bridgehead atoms. The number of carbonyl (C=O) groups excluding carboxylic acids is 2. The summed E-state index contributed by atoms with van der Waals surface area (Å²) in [6, 6.07) is 1.25. The molecule has 1 aliphatic carbocycles. The molecule has 0 aromatic heterocycles. The normalized spacial score (nSPS) is 28.3. The van der Waals surface area contributed by atoms with E-state index in [2.05, 4.69) is 11.4 Å². The van der Waals surface area contributed by atoms with Gasteiger partial charge in [-0.15, -0.1) is 0 Å². The smallest absolute Gasteiger partial charge is 0.408 e. The molecule has 1 saturated carbocycles. The van der Waals surface area contributed by atoms with Crippen LogP contribution >= 0.6 is 0 Å². The van der Waals surface area contributed by atoms with E-state index >= 15 is 0 Å². The number of piperidine rings is 1. The minimum atomic E-state index is -0.650. The van der Waals surface area contributed by atoms with Gasteiger partial charge in [0, 0.05) is 6.54 Å². The van der Waals surface area contributed by atoms with Crippen molar-refractivity contribution in [2.75, 3.05) is 6.54 Å². The van der Waals surface area contributed by atoms with Crippen molar-refractivity contribution >= 4 is 12.0 Å². The third kappa shape index (κ3) is 3.95. The maximum atomic E-state index is 12.9. The molecule has 2 aliphatic rings. The Morgan fingerprint density at radius 1 is 1.43 bits per heavy atom. The zero-order valence-corrected chi connectivity index (χ0v) is 14.6. The Bertz CT molecular complexity index is 520. The number of nitriles is 1. The van der Waals surface area contributed by atoms with Gasteiger partial charge in [0.25, 0.3) is 0 Å². The van der Waals surface area contributed by atoms with E-state index in [0.29, 0.717) is 18.4 Å². The number of nitrogens with one attached hydrogen (secondary N) is 1. The number of hydrogen-bond acceptors (Lipinski definition) is 4. The number of rotatable bonds is 4. The minimum Gasteiger partial charge on any atom is -0.444 e. The maximum Gasteiger partial charge on any atom is 0.408 e. The van der Waals surface area contributed by atoms with Gasteiger partial charge in [-0.1, -0.05) is 20.3 Å². The van der Waals surface area contributed by atoms with Crippen LogP contribution in [-0.2, 0) is 9.53 Å². The van der Waals surface area contributed by atoms with Gasteiger partial charge in [0.1, 0.15) is 17.7 Å². The lowest BCUT2D eigenvalue weighted by molar-refractivity contribution is -0.135. The number of carbonyl (C=O) groups is 2. The van der Waals surface area contributed by atoms with E-state index in [1.807, 2.05) is 13.8 Å². The summed E-state index contributed by atoms with van der Waals surface area (Å²) >= 11 is 0. The van der Waals surface area contributed by atoms with Crippen LogP contribution in [0.25, 0.3) is 0 Å². The van der Waals surface area contributed by atoms with Crippen molar-refractivity contribution in [3.63, 3.8) is 0 Å². The maximum absolute atomic E-state index is 12.9. The molecular formula is C17H27N3O3. The van der Waals surface area contributed by atoms with Gasteiger partial charge in [0.05, 0.1) is 6.07 Å². The van der Waals surface area contributed by atoms with Crippen LogP contribution in [0.1, 0.15) is 47.5 Å². The third-order valence-corrected chi connectivity index (χ3v) is 4.72. The summed E-state index contributed by atoms with van der Waals surface area (Å²) in [5, 5.41) is 12.1. The Labute approximate surface area is 138 Å². The third-order valence-electron chi connectivity index (χ3n) is 4.72. The van der Waals surface area contributed by atoms with Crippen LogP contribution in [0.2, 0.25) is 0 Å². The van der Waals surface area contributed by atoms with Crippen molar-refractivity contribution in [1.29, 1.82) is 5.26 Å². The predicted octanol–water partition coefficient (Wildman–Crippen LogP) is 2.30. The standard InChI is InChI=1S/C17H27N3O3/c1-6-10(2)14(19-16(22)23-17(3,4)5)15(21)20-9-11-7-12(11)13(20)8-18/h10-14H,6-7,9H2,1-5H3,(H,19,22)/t10?,11-,12-,13-,14+/m1/s1. The van der Waals surface area contributed by atoms with E-state index in [9.17, 15) is 14.9 Å². The van der Waals surface area contributed by atoms with Gasteiger partial charge >= 0.3 is 6.09 Å². The highest BCUT2D eigenvalue weighted by atomic mass is 16.6. The Balaban J connectivity index is 2.07. The van der Waals surface area contributed by atoms with Crippen molar-refractivity contribution in [2.45, 2.75) is 65.1 Å². The molecule has 6 nitrogen and oxygen atoms in total. The second kappa shape index (κ2) is 6.38. The minimum absolute atomic E-state index is 0.0220. The molecule has 2 fully saturated rings. The monoisotopic (exact) mass is 321 g/mol. The van der Waals surface area contributed by atoms with Gasteiger partial charge in [-0.05, 0) is 44.9 Å². The van der Waals surface area contributed by atoms with Crippen LogP contribution in [0, 0.1) is 29.1 Å². The van der Waals surface area contributed by atoms with Crippen molar-refractivity contribution in [1.82, 2.24) is 10.2 Å². The van der Waals surface area contributed by atoms with Crippen molar-refractivity contribution in [3.05, 3.63) is 0 Å². The van der Waals surface area contributed by atoms with Crippen LogP contribution < -0.4 is 5.32 Å². The molecule has 5 atom stereocenters. The summed E-state index contributed by atoms with van der Waals surface area (Å²) in [7, 11) is 0. The number of fused-ring (bicyclic) bond motifs is 1. The fourth-order valence-electron chi connectivity index (χ4n) is 3.15. The van der Waals surface area contributed by atoms with Crippen molar-refractivity contribution in [2.24, 2.45) is 17.8 Å². The predicted molar refractivity (Wildman–Crippen MR) is 85.3 cm³/mol. The number of nitrogens with zero attached hydrogens (tertiary/aromatic N) is 2. The first kappa shape index (κ1) is 17.6. The summed E-state index contributed by atoms with van der Waals surface area (Å²) in [6.07, 6.45) is 1.20. The Morgan fingerprint density at radius 3 is 2.61 bits per heavy atom. The fourth-order valence-corrected chi connectivity index (χ4v) is 3.15. The first-order valence-corrected chi connectivity index (χ1v) is 8.37. The molecule has 0 aromatic rings. The molecule has 1 saturated heterocycles. The molecule has 0 radical (unpaired) electrons. The molecular weight excluding hydrogens is 294 g/mol. The van der Waals surface area contributed by atoms with Crippen LogP contribution in [0.5, 0.6) is 0 Å². The van der Waals surface area contributed by atoms with Crippen LogP contribution in [0.3, 0.4) is 0 Å². The molecule has 2 rings (SSSR count). The molecule has 6 heteroatoms. The zero-order valence-electron chi connectivity index (χ0n) is 14.6. The van der Waals surface area contributed by atoms with Gasteiger partial charge in [0.2, 0.25) is 5.91 Å². The van der Waals surface area contributed by atoms with Gasteiger partial charge in [-0.2, -0.15) is 5.26 Å². The largest absolute Gasteiger partial charge is 0.444 e. The van der Waals surface area contributed by atoms with E-state index in [-0.39, 0.29) is 17.9 Å². The fraction of sp³-hybridized carbons (Fsp3) is 0.824. The second-order valence-corrected chi connectivity index (χ2v) is 7.73. The summed E-state index contributed by atoms with van der Waals surface area (Å²) in [5.74, 6) is 0.598. The Morgan fingerprint density at radius 2 is 2.09 bits per heavy atom. The van der Waals surface area contributed by atoms with E-state index < -0.39 is 17.7 Å². The van der Waals surface area contributed by atoms with E-state index in [1.54, 1.807) is 25.7 Å². The molecule has 1 heterocycles. The number of amides is 2. The highest BCUT2D eigenvalue weighted by Gasteiger charge is 2.55. The van der Waals surface area contributed by atoms with E-state index in [4.69, 9.17) is 4.74 Å². The number of hydrogen-bond donors (Lipinski definition) is 1. The molecule has 0 aromatic carbocycles. The lowest BCUT2D eigenvalue weighted by atomic mass is 9.97. The SMILES string of the molecule is CCC(C)[C@H](NC(=O)OC(C)(C)C)C(=O)N1C[C@H]2C[C@H]2[C@H]1C#N. The Kier molecular flexibility index (Phi) is 4.88. The highest BCUT2D eigenvalue weighted by molar-refractivity contribution is 5.87. The van der Waals surface area contributed by atoms with Gasteiger partial charge < -0.3 is 15.0 Å². The summed E-state index contributed by atoms with van der Waals surface area (Å²) < 4.78 is 5.27. The Hall–Kier alpha value is -1.77.